The molecular formula is C24H35N5O3. The maximum Gasteiger partial charge on any atom is 0.231 e. The molecule has 32 heavy (non-hydrogen) atoms. The van der Waals surface area contributed by atoms with Crippen molar-refractivity contribution < 1.29 is 14.3 Å². The number of amidine groups is 1. The number of benzene rings is 1. The number of hydrogen-bond donors (Lipinski definition) is 2. The number of fused-ring (bicyclic) bond motifs is 3. The number of nitrogens with zero attached hydrogens (tertiary/aromatic N) is 3. The van der Waals surface area contributed by atoms with Gasteiger partial charge in [0.1, 0.15) is 5.84 Å². The molecule has 2 fully saturated rings. The van der Waals surface area contributed by atoms with E-state index in [-0.39, 0.29) is 30.1 Å². The third-order valence-electron chi connectivity index (χ3n) is 6.75. The van der Waals surface area contributed by atoms with Gasteiger partial charge < -0.3 is 15.0 Å². The first kappa shape index (κ1) is 22.6. The minimum Gasteiger partial charge on any atom is -0.385 e. The summed E-state index contributed by atoms with van der Waals surface area (Å²) in [6, 6.07) is 8.50. The molecule has 1 saturated carbocycles. The molecule has 2 N–H and O–H groups in total. The van der Waals surface area contributed by atoms with Gasteiger partial charge in [0.25, 0.3) is 0 Å². The predicted octanol–water partition coefficient (Wildman–Crippen LogP) is 2.33. The first-order valence-electron chi connectivity index (χ1n) is 11.8. The van der Waals surface area contributed by atoms with Crippen molar-refractivity contribution in [2.75, 3.05) is 20.3 Å². The van der Waals surface area contributed by atoms with Crippen molar-refractivity contribution in [1.29, 1.82) is 0 Å². The summed E-state index contributed by atoms with van der Waals surface area (Å²) in [5.74, 6) is 1.13. The number of hydrazone groups is 1. The molecule has 4 rings (SSSR count). The maximum atomic E-state index is 13.5. The number of aryl methyl sites for hydroxylation is 1. The largest absolute Gasteiger partial charge is 0.385 e. The van der Waals surface area contributed by atoms with Crippen LogP contribution < -0.4 is 10.7 Å². The summed E-state index contributed by atoms with van der Waals surface area (Å²) in [4.78, 5) is 30.0. The molecule has 0 spiro atoms. The van der Waals surface area contributed by atoms with Gasteiger partial charge in [-0.25, -0.2) is 0 Å². The highest BCUT2D eigenvalue weighted by atomic mass is 16.5. The Morgan fingerprint density at radius 2 is 2.03 bits per heavy atom. The van der Waals surface area contributed by atoms with Crippen LogP contribution in [0.1, 0.15) is 56.1 Å². The summed E-state index contributed by atoms with van der Waals surface area (Å²) in [6.45, 7) is 3.88. The normalized spacial score (nSPS) is 24.5. The molecular weight excluding hydrogens is 406 g/mol. The molecule has 0 aromatic heterocycles. The standard InChI is InChI=1S/C24H35N5O3/c1-17-8-10-18(11-9-17)16-28-23(31)19-6-3-4-7-20(19)29-21(26-27-24(28)29)12-13-22(30)25-14-5-15-32-2/h8-11,19-20,24,27H,3-7,12-16H2,1-2H3,(H,25,30). The quantitative estimate of drug-likeness (QED) is 0.575. The van der Waals surface area contributed by atoms with Crippen molar-refractivity contribution in [2.45, 2.75) is 70.7 Å². The average molecular weight is 442 g/mol. The molecule has 1 aromatic rings. The molecule has 8 heteroatoms. The van der Waals surface area contributed by atoms with Gasteiger partial charge in [-0.05, 0) is 31.7 Å². The van der Waals surface area contributed by atoms with Gasteiger partial charge in [0.05, 0.1) is 5.92 Å². The lowest BCUT2D eigenvalue weighted by molar-refractivity contribution is -0.156. The van der Waals surface area contributed by atoms with Gasteiger partial charge in [0.15, 0.2) is 6.29 Å². The highest BCUT2D eigenvalue weighted by molar-refractivity contribution is 5.91. The molecule has 3 atom stereocenters. The fourth-order valence-corrected chi connectivity index (χ4v) is 5.05. The fraction of sp³-hybridized carbons (Fsp3) is 0.625. The molecule has 0 bridgehead atoms. The third kappa shape index (κ3) is 4.90. The van der Waals surface area contributed by atoms with E-state index in [1.165, 1.54) is 5.56 Å². The molecule has 2 amide bonds. The molecule has 2 heterocycles. The number of rotatable bonds is 9. The van der Waals surface area contributed by atoms with Crippen LogP contribution in [0.15, 0.2) is 29.4 Å². The van der Waals surface area contributed by atoms with E-state index < -0.39 is 0 Å². The number of ether oxygens (including phenoxy) is 1. The van der Waals surface area contributed by atoms with E-state index >= 15 is 0 Å². The summed E-state index contributed by atoms with van der Waals surface area (Å²) < 4.78 is 5.02. The Balaban J connectivity index is 1.44. The summed E-state index contributed by atoms with van der Waals surface area (Å²) in [6.07, 6.45) is 5.62. The zero-order chi connectivity index (χ0) is 22.5. The van der Waals surface area contributed by atoms with Gasteiger partial charge in [-0.1, -0.05) is 42.7 Å². The van der Waals surface area contributed by atoms with Crippen molar-refractivity contribution in [2.24, 2.45) is 11.0 Å². The molecule has 2 aliphatic heterocycles. The zero-order valence-electron chi connectivity index (χ0n) is 19.2. The number of nitrogens with one attached hydrogen (secondary N) is 2. The van der Waals surface area contributed by atoms with E-state index in [9.17, 15) is 9.59 Å². The van der Waals surface area contributed by atoms with Gasteiger partial charge in [0.2, 0.25) is 11.8 Å². The predicted molar refractivity (Wildman–Crippen MR) is 122 cm³/mol. The smallest absolute Gasteiger partial charge is 0.231 e. The lowest BCUT2D eigenvalue weighted by atomic mass is 9.80. The summed E-state index contributed by atoms with van der Waals surface area (Å²) >= 11 is 0. The summed E-state index contributed by atoms with van der Waals surface area (Å²) in [5.41, 5.74) is 5.53. The first-order valence-corrected chi connectivity index (χ1v) is 11.8. The fourth-order valence-electron chi connectivity index (χ4n) is 5.05. The topological polar surface area (TPSA) is 86.3 Å². The van der Waals surface area contributed by atoms with Gasteiger partial charge >= 0.3 is 0 Å². The van der Waals surface area contributed by atoms with Gasteiger partial charge in [-0.15, -0.1) is 0 Å². The van der Waals surface area contributed by atoms with Crippen LogP contribution in [0, 0.1) is 12.8 Å². The van der Waals surface area contributed by atoms with Crippen LogP contribution in [0.4, 0.5) is 0 Å². The van der Waals surface area contributed by atoms with E-state index in [0.717, 1.165) is 43.5 Å². The Morgan fingerprint density at radius 3 is 2.81 bits per heavy atom. The summed E-state index contributed by atoms with van der Waals surface area (Å²) in [5, 5.41) is 7.54. The zero-order valence-corrected chi connectivity index (χ0v) is 19.2. The van der Waals surface area contributed by atoms with E-state index in [1.54, 1.807) is 7.11 Å². The van der Waals surface area contributed by atoms with Crippen molar-refractivity contribution >= 4 is 17.6 Å². The van der Waals surface area contributed by atoms with Crippen LogP contribution in [0.25, 0.3) is 0 Å². The van der Waals surface area contributed by atoms with Gasteiger partial charge in [-0.2, -0.15) is 5.10 Å². The minimum atomic E-state index is -0.275. The average Bonchev–Trinajstić information content (AvgIpc) is 3.23. The summed E-state index contributed by atoms with van der Waals surface area (Å²) in [7, 11) is 1.66. The first-order chi connectivity index (χ1) is 15.6. The molecule has 0 radical (unpaired) electrons. The molecule has 1 aliphatic carbocycles. The lowest BCUT2D eigenvalue weighted by Gasteiger charge is -2.50. The Bertz CT molecular complexity index is 841. The number of methoxy groups -OCH3 is 1. The van der Waals surface area contributed by atoms with Crippen LogP contribution in [-0.2, 0) is 20.9 Å². The SMILES string of the molecule is COCCCNC(=O)CCC1=NNC2N(Cc3ccc(C)cc3)C(=O)C3CCCCC3N12. The second kappa shape index (κ2) is 10.3. The van der Waals surface area contributed by atoms with E-state index in [2.05, 4.69) is 51.9 Å². The van der Waals surface area contributed by atoms with Crippen LogP contribution in [0.5, 0.6) is 0 Å². The van der Waals surface area contributed by atoms with Crippen molar-refractivity contribution in [3.8, 4) is 0 Å². The Hall–Kier alpha value is -2.61. The molecule has 8 nitrogen and oxygen atoms in total. The molecule has 1 aromatic carbocycles. The van der Waals surface area contributed by atoms with Crippen molar-refractivity contribution in [1.82, 2.24) is 20.5 Å². The number of carbonyl (C=O) groups is 2. The number of hydrogen-bond acceptors (Lipinski definition) is 6. The Kier molecular flexibility index (Phi) is 7.29. The molecule has 174 valence electrons. The van der Waals surface area contributed by atoms with Gasteiger partial charge in [0, 0.05) is 45.7 Å². The number of carbonyl (C=O) groups excluding carboxylic acids is 2. The van der Waals surface area contributed by atoms with Crippen molar-refractivity contribution in [3.05, 3.63) is 35.4 Å². The molecule has 3 aliphatic rings. The number of amides is 2. The molecule has 3 unspecified atom stereocenters. The van der Waals surface area contributed by atoms with Crippen LogP contribution in [-0.4, -0.2) is 60.0 Å². The van der Waals surface area contributed by atoms with E-state index in [4.69, 9.17) is 4.74 Å². The Morgan fingerprint density at radius 1 is 1.25 bits per heavy atom. The van der Waals surface area contributed by atoms with Crippen LogP contribution >= 0.6 is 0 Å². The highest BCUT2D eigenvalue weighted by Gasteiger charge is 2.50. The minimum absolute atomic E-state index is 0.00146. The van der Waals surface area contributed by atoms with E-state index in [1.807, 2.05) is 4.90 Å². The Labute approximate surface area is 190 Å². The van der Waals surface area contributed by atoms with Crippen LogP contribution in [0.3, 0.4) is 0 Å². The second-order valence-corrected chi connectivity index (χ2v) is 9.04. The third-order valence-corrected chi connectivity index (χ3v) is 6.75. The lowest BCUT2D eigenvalue weighted by Crippen LogP contribution is -2.67. The van der Waals surface area contributed by atoms with E-state index in [0.29, 0.717) is 32.5 Å². The van der Waals surface area contributed by atoms with Gasteiger partial charge in [-0.3, -0.25) is 19.9 Å². The second-order valence-electron chi connectivity index (χ2n) is 9.04. The monoisotopic (exact) mass is 441 g/mol. The maximum absolute atomic E-state index is 13.5. The highest BCUT2D eigenvalue weighted by Crippen LogP contribution is 2.38. The van der Waals surface area contributed by atoms with Crippen LogP contribution in [0.2, 0.25) is 0 Å². The van der Waals surface area contributed by atoms with Crippen molar-refractivity contribution in [3.63, 3.8) is 0 Å². The molecule has 1 saturated heterocycles.